The Morgan fingerprint density at radius 1 is 1.58 bits per heavy atom. The molecule has 0 radical (unpaired) electrons. The van der Waals surface area contributed by atoms with Gasteiger partial charge in [0.05, 0.1) is 4.92 Å². The molecular formula is C12H19N5O2. The summed E-state index contributed by atoms with van der Waals surface area (Å²) in [5.41, 5.74) is -0.0145. The fraction of sp³-hybridized carbons (Fsp3) is 0.667. The molecule has 104 valence electrons. The normalized spacial score (nSPS) is 19.3. The van der Waals surface area contributed by atoms with E-state index in [1.807, 2.05) is 0 Å². The lowest BCUT2D eigenvalue weighted by atomic mass is 10.00. The molecule has 2 heterocycles. The first-order valence-electron chi connectivity index (χ1n) is 6.63. The van der Waals surface area contributed by atoms with Crippen LogP contribution in [-0.4, -0.2) is 34.5 Å². The van der Waals surface area contributed by atoms with Crippen molar-refractivity contribution in [3.8, 4) is 0 Å². The molecule has 1 unspecified atom stereocenters. The van der Waals surface area contributed by atoms with Crippen molar-refractivity contribution in [3.05, 3.63) is 16.3 Å². The Kier molecular flexibility index (Phi) is 4.13. The Bertz CT molecular complexity index is 465. The highest BCUT2D eigenvalue weighted by Crippen LogP contribution is 2.32. The van der Waals surface area contributed by atoms with Gasteiger partial charge in [0, 0.05) is 19.6 Å². The zero-order valence-corrected chi connectivity index (χ0v) is 11.3. The van der Waals surface area contributed by atoms with Crippen LogP contribution >= 0.6 is 0 Å². The highest BCUT2D eigenvalue weighted by Gasteiger charge is 2.29. The van der Waals surface area contributed by atoms with Gasteiger partial charge in [0.2, 0.25) is 11.8 Å². The van der Waals surface area contributed by atoms with Crippen LogP contribution in [0.2, 0.25) is 0 Å². The van der Waals surface area contributed by atoms with Gasteiger partial charge in [0.15, 0.2) is 0 Å². The fourth-order valence-electron chi connectivity index (χ4n) is 2.53. The first-order chi connectivity index (χ1) is 9.17. The Hall–Kier alpha value is -1.92. The molecule has 7 heteroatoms. The van der Waals surface area contributed by atoms with E-state index < -0.39 is 4.92 Å². The van der Waals surface area contributed by atoms with Crippen molar-refractivity contribution in [2.75, 3.05) is 23.8 Å². The van der Waals surface area contributed by atoms with Crippen LogP contribution in [0.15, 0.2) is 6.20 Å². The Morgan fingerprint density at radius 3 is 3.00 bits per heavy atom. The molecule has 0 aliphatic carbocycles. The minimum absolute atomic E-state index is 0.0145. The molecule has 1 saturated heterocycles. The van der Waals surface area contributed by atoms with Gasteiger partial charge in [-0.3, -0.25) is 10.1 Å². The van der Waals surface area contributed by atoms with Gasteiger partial charge < -0.3 is 10.2 Å². The number of rotatable bonds is 4. The second-order valence-corrected chi connectivity index (χ2v) is 4.66. The van der Waals surface area contributed by atoms with Crippen LogP contribution in [0, 0.1) is 10.1 Å². The van der Waals surface area contributed by atoms with Crippen molar-refractivity contribution in [3.63, 3.8) is 0 Å². The molecule has 2 rings (SSSR count). The summed E-state index contributed by atoms with van der Waals surface area (Å²) in [7, 11) is 1.71. The zero-order valence-electron chi connectivity index (χ0n) is 11.3. The lowest BCUT2D eigenvalue weighted by Crippen LogP contribution is -2.40. The van der Waals surface area contributed by atoms with Crippen LogP contribution in [0.4, 0.5) is 17.5 Å². The molecular weight excluding hydrogens is 246 g/mol. The quantitative estimate of drug-likeness (QED) is 0.663. The topological polar surface area (TPSA) is 84.2 Å². The van der Waals surface area contributed by atoms with Gasteiger partial charge in [0.1, 0.15) is 6.20 Å². The smallest absolute Gasteiger partial charge is 0.329 e. The van der Waals surface area contributed by atoms with Gasteiger partial charge in [-0.15, -0.1) is 0 Å². The van der Waals surface area contributed by atoms with Crippen molar-refractivity contribution in [1.82, 2.24) is 9.97 Å². The highest BCUT2D eigenvalue weighted by molar-refractivity contribution is 5.59. The van der Waals surface area contributed by atoms with Crippen LogP contribution < -0.4 is 10.2 Å². The highest BCUT2D eigenvalue weighted by atomic mass is 16.6. The molecule has 1 atom stereocenters. The largest absolute Gasteiger partial charge is 0.357 e. The Labute approximate surface area is 112 Å². The van der Waals surface area contributed by atoms with E-state index in [1.165, 1.54) is 12.6 Å². The molecule has 0 aromatic carbocycles. The van der Waals surface area contributed by atoms with Gasteiger partial charge in [0.25, 0.3) is 0 Å². The average Bonchev–Trinajstić information content (AvgIpc) is 2.46. The van der Waals surface area contributed by atoms with Gasteiger partial charge in [-0.05, 0) is 25.7 Å². The standard InChI is InChI=1S/C12H19N5O2/c1-3-9-6-4-5-7-16(9)11-10(17(18)19)8-14-12(13-2)15-11/h8-9H,3-7H2,1-2H3,(H,13,14,15). The maximum atomic E-state index is 11.1. The minimum atomic E-state index is -0.407. The van der Waals surface area contributed by atoms with E-state index in [9.17, 15) is 10.1 Å². The summed E-state index contributed by atoms with van der Waals surface area (Å²) in [5, 5.41) is 14.0. The lowest BCUT2D eigenvalue weighted by molar-refractivity contribution is -0.384. The summed E-state index contributed by atoms with van der Waals surface area (Å²) in [5.74, 6) is 0.858. The maximum Gasteiger partial charge on any atom is 0.329 e. The first-order valence-corrected chi connectivity index (χ1v) is 6.63. The summed E-state index contributed by atoms with van der Waals surface area (Å²) >= 11 is 0. The second-order valence-electron chi connectivity index (χ2n) is 4.66. The molecule has 7 nitrogen and oxygen atoms in total. The van der Waals surface area contributed by atoms with Crippen molar-refractivity contribution in [1.29, 1.82) is 0 Å². The molecule has 1 aromatic heterocycles. The summed E-state index contributed by atoms with van der Waals surface area (Å²) < 4.78 is 0. The molecule has 1 N–H and O–H groups in total. The van der Waals surface area contributed by atoms with E-state index in [0.717, 1.165) is 25.8 Å². The number of hydrogen-bond acceptors (Lipinski definition) is 6. The number of hydrogen-bond donors (Lipinski definition) is 1. The SMILES string of the molecule is CCC1CCCCN1c1nc(NC)ncc1[N+](=O)[O-]. The molecule has 0 bridgehead atoms. The molecule has 1 aromatic rings. The summed E-state index contributed by atoms with van der Waals surface area (Å²) in [6.45, 7) is 2.93. The van der Waals surface area contributed by atoms with E-state index in [-0.39, 0.29) is 5.69 Å². The number of aromatic nitrogens is 2. The van der Waals surface area contributed by atoms with Crippen LogP contribution in [0.5, 0.6) is 0 Å². The van der Waals surface area contributed by atoms with E-state index in [4.69, 9.17) is 0 Å². The minimum Gasteiger partial charge on any atom is -0.357 e. The van der Waals surface area contributed by atoms with Gasteiger partial charge in [-0.1, -0.05) is 6.92 Å². The van der Waals surface area contributed by atoms with Gasteiger partial charge >= 0.3 is 5.69 Å². The number of anilines is 2. The zero-order chi connectivity index (χ0) is 13.8. The third-order valence-electron chi connectivity index (χ3n) is 3.54. The first kappa shape index (κ1) is 13.5. The van der Waals surface area contributed by atoms with Crippen molar-refractivity contribution < 1.29 is 4.92 Å². The van der Waals surface area contributed by atoms with Gasteiger partial charge in [-0.2, -0.15) is 4.98 Å². The van der Waals surface area contributed by atoms with Crippen LogP contribution in [0.1, 0.15) is 32.6 Å². The molecule has 1 aliphatic heterocycles. The van der Waals surface area contributed by atoms with E-state index >= 15 is 0 Å². The lowest BCUT2D eigenvalue weighted by Gasteiger charge is -2.35. The average molecular weight is 265 g/mol. The van der Waals surface area contributed by atoms with E-state index in [0.29, 0.717) is 17.8 Å². The molecule has 1 aliphatic rings. The second kappa shape index (κ2) is 5.81. The predicted octanol–water partition coefficient (Wildman–Crippen LogP) is 2.20. The van der Waals surface area contributed by atoms with Crippen molar-refractivity contribution >= 4 is 17.5 Å². The number of nitro groups is 1. The van der Waals surface area contributed by atoms with E-state index in [2.05, 4.69) is 27.1 Å². The van der Waals surface area contributed by atoms with Crippen LogP contribution in [-0.2, 0) is 0 Å². The van der Waals surface area contributed by atoms with Crippen LogP contribution in [0.25, 0.3) is 0 Å². The molecule has 0 amide bonds. The maximum absolute atomic E-state index is 11.1. The number of piperidine rings is 1. The molecule has 0 spiro atoms. The predicted molar refractivity (Wildman–Crippen MR) is 73.5 cm³/mol. The third-order valence-corrected chi connectivity index (χ3v) is 3.54. The van der Waals surface area contributed by atoms with Gasteiger partial charge in [-0.25, -0.2) is 4.98 Å². The fourth-order valence-corrected chi connectivity index (χ4v) is 2.53. The molecule has 0 saturated carbocycles. The Morgan fingerprint density at radius 2 is 2.37 bits per heavy atom. The summed E-state index contributed by atoms with van der Waals surface area (Å²) in [4.78, 5) is 21.0. The third kappa shape index (κ3) is 2.74. The van der Waals surface area contributed by atoms with Crippen LogP contribution in [0.3, 0.4) is 0 Å². The summed E-state index contributed by atoms with van der Waals surface area (Å²) in [6.07, 6.45) is 5.54. The summed E-state index contributed by atoms with van der Waals surface area (Å²) in [6, 6.07) is 0.326. The van der Waals surface area contributed by atoms with E-state index in [1.54, 1.807) is 7.05 Å². The number of nitrogens with one attached hydrogen (secondary N) is 1. The molecule has 1 fully saturated rings. The molecule has 19 heavy (non-hydrogen) atoms. The van der Waals surface area contributed by atoms with Crippen molar-refractivity contribution in [2.24, 2.45) is 0 Å². The monoisotopic (exact) mass is 265 g/mol. The Balaban J connectivity index is 2.42. The van der Waals surface area contributed by atoms with Crippen molar-refractivity contribution in [2.45, 2.75) is 38.6 Å². The number of nitrogens with zero attached hydrogens (tertiary/aromatic N) is 4.